The van der Waals surface area contributed by atoms with E-state index in [0.29, 0.717) is 11.5 Å². The zero-order valence-corrected chi connectivity index (χ0v) is 7.74. The molecule has 1 unspecified atom stereocenters. The third kappa shape index (κ3) is 0.856. The summed E-state index contributed by atoms with van der Waals surface area (Å²) in [6.07, 6.45) is 3.91. The molecule has 1 nitrogen and oxygen atoms in total. The van der Waals surface area contributed by atoms with E-state index in [9.17, 15) is 0 Å². The molecule has 1 aromatic carbocycles. The van der Waals surface area contributed by atoms with Crippen molar-refractivity contribution in [3.05, 3.63) is 35.9 Å². The zero-order valence-electron chi connectivity index (χ0n) is 7.74. The van der Waals surface area contributed by atoms with Crippen molar-refractivity contribution in [3.8, 4) is 0 Å². The van der Waals surface area contributed by atoms with Crippen LogP contribution in [-0.4, -0.2) is 6.04 Å². The summed E-state index contributed by atoms with van der Waals surface area (Å²) in [5, 5.41) is 0. The fourth-order valence-corrected chi connectivity index (χ4v) is 3.24. The van der Waals surface area contributed by atoms with Crippen molar-refractivity contribution in [1.82, 2.24) is 0 Å². The van der Waals surface area contributed by atoms with Crippen LogP contribution in [0, 0.1) is 5.92 Å². The second kappa shape index (κ2) is 2.36. The summed E-state index contributed by atoms with van der Waals surface area (Å²) in [4.78, 5) is 0. The van der Waals surface area contributed by atoms with Gasteiger partial charge in [-0.05, 0) is 30.7 Å². The molecule has 0 aromatic heterocycles. The predicted molar refractivity (Wildman–Crippen MR) is 53.4 cm³/mol. The van der Waals surface area contributed by atoms with Crippen LogP contribution in [0.2, 0.25) is 0 Å². The summed E-state index contributed by atoms with van der Waals surface area (Å²) in [6, 6.07) is 11.2. The monoisotopic (exact) mass is 173 g/mol. The summed E-state index contributed by atoms with van der Waals surface area (Å²) in [5.74, 6) is 0.926. The van der Waals surface area contributed by atoms with Crippen LogP contribution in [0.1, 0.15) is 24.8 Å². The lowest BCUT2D eigenvalue weighted by Gasteiger charge is -2.41. The Labute approximate surface area is 78.9 Å². The van der Waals surface area contributed by atoms with Gasteiger partial charge in [-0.25, -0.2) is 0 Å². The molecule has 3 aliphatic carbocycles. The van der Waals surface area contributed by atoms with E-state index in [1.165, 1.54) is 24.8 Å². The highest BCUT2D eigenvalue weighted by Gasteiger charge is 2.56. The molecule has 1 aromatic rings. The Balaban J connectivity index is 2.02. The second-order valence-corrected chi connectivity index (χ2v) is 4.64. The van der Waals surface area contributed by atoms with Gasteiger partial charge in [0.2, 0.25) is 0 Å². The van der Waals surface area contributed by atoms with Crippen LogP contribution in [0.15, 0.2) is 30.3 Å². The lowest BCUT2D eigenvalue weighted by molar-refractivity contribution is 0.232. The van der Waals surface area contributed by atoms with Crippen molar-refractivity contribution in [2.45, 2.75) is 30.7 Å². The van der Waals surface area contributed by atoms with Crippen LogP contribution >= 0.6 is 0 Å². The first-order valence-electron chi connectivity index (χ1n) is 5.12. The number of fused-ring (bicyclic) bond motifs is 1. The first-order chi connectivity index (χ1) is 6.31. The van der Waals surface area contributed by atoms with Crippen LogP contribution in [0.5, 0.6) is 0 Å². The Kier molecular flexibility index (Phi) is 1.37. The van der Waals surface area contributed by atoms with Gasteiger partial charge in [0, 0.05) is 11.5 Å². The van der Waals surface area contributed by atoms with Crippen LogP contribution < -0.4 is 5.73 Å². The summed E-state index contributed by atoms with van der Waals surface area (Å²) < 4.78 is 0. The molecule has 3 saturated carbocycles. The van der Waals surface area contributed by atoms with Gasteiger partial charge < -0.3 is 5.73 Å². The van der Waals surface area contributed by atoms with Crippen LogP contribution in [0.25, 0.3) is 0 Å². The molecule has 0 heterocycles. The Morgan fingerprint density at radius 1 is 1.15 bits per heavy atom. The molecular formula is C12H15N. The van der Waals surface area contributed by atoms with Crippen molar-refractivity contribution >= 4 is 0 Å². The topological polar surface area (TPSA) is 26.0 Å². The van der Waals surface area contributed by atoms with E-state index in [0.717, 1.165) is 5.92 Å². The largest absolute Gasteiger partial charge is 0.327 e. The lowest BCUT2D eigenvalue weighted by atomic mass is 9.64. The number of rotatable bonds is 1. The summed E-state index contributed by atoms with van der Waals surface area (Å²) in [6.45, 7) is 0. The fourth-order valence-electron chi connectivity index (χ4n) is 3.24. The molecule has 1 atom stereocenters. The highest BCUT2D eigenvalue weighted by atomic mass is 14.8. The van der Waals surface area contributed by atoms with Gasteiger partial charge in [-0.15, -0.1) is 0 Å². The second-order valence-electron chi connectivity index (χ2n) is 4.64. The minimum atomic E-state index is 0.367. The molecule has 2 N–H and O–H groups in total. The average molecular weight is 173 g/mol. The molecule has 3 fully saturated rings. The first kappa shape index (κ1) is 7.57. The molecule has 1 heteroatoms. The molecule has 0 saturated heterocycles. The normalized spacial score (nSPS) is 41.6. The lowest BCUT2D eigenvalue weighted by Crippen LogP contribution is -2.43. The summed E-state index contributed by atoms with van der Waals surface area (Å²) >= 11 is 0. The van der Waals surface area contributed by atoms with Crippen LogP contribution in [-0.2, 0) is 5.41 Å². The van der Waals surface area contributed by atoms with Gasteiger partial charge in [-0.3, -0.25) is 0 Å². The van der Waals surface area contributed by atoms with Gasteiger partial charge in [0.25, 0.3) is 0 Å². The van der Waals surface area contributed by atoms with Crippen molar-refractivity contribution in [2.24, 2.45) is 11.7 Å². The average Bonchev–Trinajstić information content (AvgIpc) is 2.58. The van der Waals surface area contributed by atoms with Crippen molar-refractivity contribution in [1.29, 1.82) is 0 Å². The van der Waals surface area contributed by atoms with E-state index in [4.69, 9.17) is 5.73 Å². The van der Waals surface area contributed by atoms with Crippen molar-refractivity contribution < 1.29 is 0 Å². The van der Waals surface area contributed by atoms with Crippen molar-refractivity contribution in [2.75, 3.05) is 0 Å². The SMILES string of the molecule is NC1CC2CC1(c1ccccc1)C2. The molecule has 4 rings (SSSR count). The number of nitrogens with two attached hydrogens (primary N) is 1. The number of benzene rings is 1. The highest BCUT2D eigenvalue weighted by molar-refractivity contribution is 5.34. The Hall–Kier alpha value is -0.820. The quantitative estimate of drug-likeness (QED) is 0.691. The molecule has 0 amide bonds. The molecule has 68 valence electrons. The molecule has 0 radical (unpaired) electrons. The minimum absolute atomic E-state index is 0.367. The van der Waals surface area contributed by atoms with E-state index in [2.05, 4.69) is 30.3 Å². The van der Waals surface area contributed by atoms with Crippen molar-refractivity contribution in [3.63, 3.8) is 0 Å². The van der Waals surface area contributed by atoms with Gasteiger partial charge in [-0.2, -0.15) is 0 Å². The Morgan fingerprint density at radius 3 is 2.38 bits per heavy atom. The predicted octanol–water partition coefficient (Wildman–Crippen LogP) is 2.07. The Bertz CT molecular complexity index is 311. The van der Waals surface area contributed by atoms with Gasteiger partial charge in [0.05, 0.1) is 0 Å². The molecule has 13 heavy (non-hydrogen) atoms. The van der Waals surface area contributed by atoms with Gasteiger partial charge >= 0.3 is 0 Å². The molecule has 0 spiro atoms. The maximum atomic E-state index is 6.19. The number of hydrogen-bond donors (Lipinski definition) is 1. The van der Waals surface area contributed by atoms with E-state index >= 15 is 0 Å². The third-order valence-electron chi connectivity index (χ3n) is 3.95. The standard InChI is InChI=1S/C12H15N/c13-11-6-9-7-12(11,8-9)10-4-2-1-3-5-10/h1-5,9,11H,6-8,13H2. The highest BCUT2D eigenvalue weighted by Crippen LogP contribution is 2.58. The zero-order chi connectivity index (χ0) is 8.89. The maximum Gasteiger partial charge on any atom is 0.0139 e. The fraction of sp³-hybridized carbons (Fsp3) is 0.500. The van der Waals surface area contributed by atoms with Crippen LogP contribution in [0.3, 0.4) is 0 Å². The van der Waals surface area contributed by atoms with E-state index in [-0.39, 0.29) is 0 Å². The number of hydrogen-bond acceptors (Lipinski definition) is 1. The first-order valence-corrected chi connectivity index (χ1v) is 5.12. The molecule has 2 bridgehead atoms. The summed E-state index contributed by atoms with van der Waals surface area (Å²) in [7, 11) is 0. The van der Waals surface area contributed by atoms with E-state index < -0.39 is 0 Å². The minimum Gasteiger partial charge on any atom is -0.327 e. The van der Waals surface area contributed by atoms with Crippen LogP contribution in [0.4, 0.5) is 0 Å². The smallest absolute Gasteiger partial charge is 0.0139 e. The maximum absolute atomic E-state index is 6.19. The van der Waals surface area contributed by atoms with Gasteiger partial charge in [0.1, 0.15) is 0 Å². The summed E-state index contributed by atoms with van der Waals surface area (Å²) in [5.41, 5.74) is 8.02. The molecule has 0 aliphatic heterocycles. The van der Waals surface area contributed by atoms with Gasteiger partial charge in [-0.1, -0.05) is 30.3 Å². The molecular weight excluding hydrogens is 158 g/mol. The Morgan fingerprint density at radius 2 is 1.85 bits per heavy atom. The molecule has 3 aliphatic rings. The third-order valence-corrected chi connectivity index (χ3v) is 3.95. The van der Waals surface area contributed by atoms with E-state index in [1.54, 1.807) is 0 Å². The van der Waals surface area contributed by atoms with Gasteiger partial charge in [0.15, 0.2) is 0 Å². The van der Waals surface area contributed by atoms with E-state index in [1.807, 2.05) is 0 Å².